The molecule has 1 aromatic heterocycles. The fourth-order valence-corrected chi connectivity index (χ4v) is 2.14. The predicted molar refractivity (Wildman–Crippen MR) is 44.7 cm³/mol. The monoisotopic (exact) mass is 173 g/mol. The Hall–Kier alpha value is -0.0500. The minimum absolute atomic E-state index is 0.541. The zero-order chi connectivity index (χ0) is 6.97. The van der Waals surface area contributed by atoms with Crippen LogP contribution in [-0.2, 0) is 0 Å². The Balaban J connectivity index is 2.23. The van der Waals surface area contributed by atoms with Crippen LogP contribution in [0.25, 0.3) is 0 Å². The first-order valence-corrected chi connectivity index (χ1v) is 4.60. The van der Waals surface area contributed by atoms with Crippen LogP contribution in [0.4, 0.5) is 0 Å². The zero-order valence-corrected chi connectivity index (χ0v) is 7.00. The number of hydrogen-bond donors (Lipinski definition) is 1. The van der Waals surface area contributed by atoms with E-state index >= 15 is 0 Å². The van der Waals surface area contributed by atoms with E-state index < -0.39 is 0 Å². The van der Waals surface area contributed by atoms with Gasteiger partial charge in [-0.25, -0.2) is 0 Å². The molecule has 0 amide bonds. The second-order valence-corrected chi connectivity index (χ2v) is 3.96. The fourth-order valence-electron chi connectivity index (χ4n) is 1.11. The van der Waals surface area contributed by atoms with Gasteiger partial charge in [-0.2, -0.15) is 0 Å². The van der Waals surface area contributed by atoms with E-state index in [9.17, 15) is 0 Å². The van der Waals surface area contributed by atoms with Crippen molar-refractivity contribution in [2.24, 2.45) is 0 Å². The van der Waals surface area contributed by atoms with Gasteiger partial charge in [0.2, 0.25) is 0 Å². The van der Waals surface area contributed by atoms with Crippen LogP contribution < -0.4 is 5.32 Å². The summed E-state index contributed by atoms with van der Waals surface area (Å²) in [6.45, 7) is 1.14. The Morgan fingerprint density at radius 1 is 1.70 bits per heavy atom. The van der Waals surface area contributed by atoms with Gasteiger partial charge in [0.1, 0.15) is 0 Å². The topological polar surface area (TPSA) is 12.0 Å². The van der Waals surface area contributed by atoms with Gasteiger partial charge in [0, 0.05) is 6.04 Å². The highest BCUT2D eigenvalue weighted by atomic mass is 35.5. The molecule has 3 heteroatoms. The lowest BCUT2D eigenvalue weighted by Gasteiger charge is -2.27. The van der Waals surface area contributed by atoms with Gasteiger partial charge in [0.25, 0.3) is 0 Å². The number of halogens is 1. The van der Waals surface area contributed by atoms with Crippen molar-refractivity contribution in [3.05, 3.63) is 21.3 Å². The molecule has 0 saturated carbocycles. The number of nitrogens with one attached hydrogen (secondary N) is 1. The molecule has 1 N–H and O–H groups in total. The Kier molecular flexibility index (Phi) is 1.68. The lowest BCUT2D eigenvalue weighted by molar-refractivity contribution is 0.384. The molecular weight excluding hydrogens is 166 g/mol. The van der Waals surface area contributed by atoms with E-state index in [4.69, 9.17) is 11.6 Å². The van der Waals surface area contributed by atoms with Gasteiger partial charge < -0.3 is 5.32 Å². The van der Waals surface area contributed by atoms with Gasteiger partial charge >= 0.3 is 0 Å². The quantitative estimate of drug-likeness (QED) is 0.688. The summed E-state index contributed by atoms with van der Waals surface area (Å²) in [4.78, 5) is 0. The molecule has 1 aliphatic heterocycles. The van der Waals surface area contributed by atoms with Crippen molar-refractivity contribution in [1.82, 2.24) is 5.32 Å². The van der Waals surface area contributed by atoms with Crippen LogP contribution in [0.3, 0.4) is 0 Å². The number of rotatable bonds is 1. The summed E-state index contributed by atoms with van der Waals surface area (Å²) < 4.78 is 0.942. The van der Waals surface area contributed by atoms with Crippen LogP contribution in [0, 0.1) is 0 Å². The highest BCUT2D eigenvalue weighted by Gasteiger charge is 2.20. The molecule has 1 aliphatic rings. The molecular formula is C7H8ClNS. The van der Waals surface area contributed by atoms with Gasteiger partial charge in [-0.3, -0.25) is 0 Å². The largest absolute Gasteiger partial charge is 0.310 e. The van der Waals surface area contributed by atoms with Gasteiger partial charge in [-0.15, -0.1) is 11.3 Å². The molecule has 0 spiro atoms. The van der Waals surface area contributed by atoms with E-state index in [1.807, 2.05) is 5.38 Å². The lowest BCUT2D eigenvalue weighted by Crippen LogP contribution is -2.34. The fraction of sp³-hybridized carbons (Fsp3) is 0.429. The molecule has 1 nitrogen and oxygen atoms in total. The molecule has 2 rings (SSSR count). The number of hydrogen-bond acceptors (Lipinski definition) is 2. The molecule has 1 fully saturated rings. The zero-order valence-electron chi connectivity index (χ0n) is 5.43. The first-order chi connectivity index (χ1) is 4.88. The summed E-state index contributed by atoms with van der Waals surface area (Å²) in [5, 5.41) is 5.35. The average Bonchev–Trinajstić information content (AvgIpc) is 2.12. The maximum atomic E-state index is 5.93. The third-order valence-electron chi connectivity index (χ3n) is 1.85. The van der Waals surface area contributed by atoms with E-state index in [1.54, 1.807) is 11.3 Å². The molecule has 1 unspecified atom stereocenters. The number of thiophene rings is 1. The molecule has 0 aliphatic carbocycles. The van der Waals surface area contributed by atoms with Crippen molar-refractivity contribution in [3.63, 3.8) is 0 Å². The minimum atomic E-state index is 0.541. The van der Waals surface area contributed by atoms with Crippen molar-refractivity contribution in [3.8, 4) is 0 Å². The molecule has 2 heterocycles. The predicted octanol–water partition coefficient (Wildman–Crippen LogP) is 2.44. The van der Waals surface area contributed by atoms with Gasteiger partial charge in [-0.1, -0.05) is 11.6 Å². The molecule has 54 valence electrons. The highest BCUT2D eigenvalue weighted by Crippen LogP contribution is 2.32. The molecule has 0 radical (unpaired) electrons. The van der Waals surface area contributed by atoms with E-state index in [0.717, 1.165) is 10.9 Å². The Labute approximate surface area is 69.0 Å². The van der Waals surface area contributed by atoms with Gasteiger partial charge in [-0.05, 0) is 30.0 Å². The van der Waals surface area contributed by atoms with Crippen molar-refractivity contribution in [2.45, 2.75) is 12.5 Å². The molecule has 1 aromatic rings. The van der Waals surface area contributed by atoms with E-state index in [1.165, 1.54) is 12.0 Å². The van der Waals surface area contributed by atoms with Crippen molar-refractivity contribution in [1.29, 1.82) is 0 Å². The minimum Gasteiger partial charge on any atom is -0.310 e. The maximum absolute atomic E-state index is 5.93. The Bertz CT molecular complexity index is 229. The summed E-state index contributed by atoms with van der Waals surface area (Å²) in [6, 6.07) is 2.64. The highest BCUT2D eigenvalue weighted by molar-refractivity contribution is 7.14. The summed E-state index contributed by atoms with van der Waals surface area (Å²) in [7, 11) is 0. The van der Waals surface area contributed by atoms with Crippen LogP contribution in [0.2, 0.25) is 4.34 Å². The van der Waals surface area contributed by atoms with Gasteiger partial charge in [0.15, 0.2) is 0 Å². The van der Waals surface area contributed by atoms with Crippen molar-refractivity contribution < 1.29 is 0 Å². The lowest BCUT2D eigenvalue weighted by atomic mass is 10.0. The van der Waals surface area contributed by atoms with Crippen molar-refractivity contribution in [2.75, 3.05) is 6.54 Å². The third-order valence-corrected chi connectivity index (χ3v) is 3.05. The smallest absolute Gasteiger partial charge is 0.0976 e. The first kappa shape index (κ1) is 6.65. The summed E-state index contributed by atoms with van der Waals surface area (Å²) in [6.07, 6.45) is 1.23. The maximum Gasteiger partial charge on any atom is 0.0976 e. The van der Waals surface area contributed by atoms with Crippen LogP contribution in [0.5, 0.6) is 0 Å². The molecule has 1 atom stereocenters. The average molecular weight is 174 g/mol. The molecule has 1 saturated heterocycles. The summed E-state index contributed by atoms with van der Waals surface area (Å²) >= 11 is 7.53. The van der Waals surface area contributed by atoms with Crippen LogP contribution >= 0.6 is 22.9 Å². The van der Waals surface area contributed by atoms with Crippen molar-refractivity contribution >= 4 is 22.9 Å². The van der Waals surface area contributed by atoms with Gasteiger partial charge in [0.05, 0.1) is 4.34 Å². The third kappa shape index (κ3) is 0.965. The van der Waals surface area contributed by atoms with Crippen LogP contribution in [0.15, 0.2) is 11.4 Å². The Morgan fingerprint density at radius 3 is 2.90 bits per heavy atom. The standard InChI is InChI=1S/C7H8ClNS/c8-7-5(2-4-10-7)6-1-3-9-6/h2,4,6,9H,1,3H2. The van der Waals surface area contributed by atoms with E-state index in [2.05, 4.69) is 11.4 Å². The normalized spacial score (nSPS) is 24.3. The second-order valence-electron chi connectivity index (χ2n) is 2.45. The summed E-state index contributed by atoms with van der Waals surface area (Å²) in [5.74, 6) is 0. The second kappa shape index (κ2) is 2.53. The SMILES string of the molecule is Clc1sccc1C1CCN1. The molecule has 0 bridgehead atoms. The molecule has 0 aromatic carbocycles. The van der Waals surface area contributed by atoms with Crippen LogP contribution in [0.1, 0.15) is 18.0 Å². The van der Waals surface area contributed by atoms with E-state index in [-0.39, 0.29) is 0 Å². The summed E-state index contributed by atoms with van der Waals surface area (Å²) in [5.41, 5.74) is 1.28. The van der Waals surface area contributed by atoms with E-state index in [0.29, 0.717) is 6.04 Å². The Morgan fingerprint density at radius 2 is 2.50 bits per heavy atom. The first-order valence-electron chi connectivity index (χ1n) is 3.34. The molecule has 10 heavy (non-hydrogen) atoms. The van der Waals surface area contributed by atoms with Crippen LogP contribution in [-0.4, -0.2) is 6.54 Å².